The van der Waals surface area contributed by atoms with Gasteiger partial charge in [0.05, 0.1) is 11.7 Å². The second-order valence-corrected chi connectivity index (χ2v) is 6.74. The van der Waals surface area contributed by atoms with E-state index in [2.05, 4.69) is 5.32 Å². The highest BCUT2D eigenvalue weighted by atomic mass is 32.2. The first-order valence-corrected chi connectivity index (χ1v) is 8.79. The quantitative estimate of drug-likeness (QED) is 0.724. The molecule has 0 aromatic heterocycles. The molecule has 1 saturated heterocycles. The molecule has 0 bridgehead atoms. The Balaban J connectivity index is 1.77. The standard InChI is InChI=1S/C18H17F3N2OS/c19-13-6-3-5-12(11-13)15-8-4-10-23(15)18(24)22-14-7-1-2-9-16(14)25-17(20)21/h1-3,5-7,9,11,15,17H,4,8,10H2,(H,22,24)/t15-/m1/s1. The molecule has 0 unspecified atom stereocenters. The minimum Gasteiger partial charge on any atom is -0.317 e. The van der Waals surface area contributed by atoms with Crippen molar-refractivity contribution >= 4 is 23.5 Å². The fourth-order valence-electron chi connectivity index (χ4n) is 3.03. The van der Waals surface area contributed by atoms with Crippen LogP contribution in [0.1, 0.15) is 24.4 Å². The van der Waals surface area contributed by atoms with Crippen LogP contribution in [0.2, 0.25) is 0 Å². The molecule has 1 fully saturated rings. The molecule has 2 amide bonds. The molecule has 1 heterocycles. The minimum absolute atomic E-state index is 0.217. The number of amides is 2. The van der Waals surface area contributed by atoms with Crippen molar-refractivity contribution in [2.24, 2.45) is 0 Å². The zero-order chi connectivity index (χ0) is 17.8. The summed E-state index contributed by atoms with van der Waals surface area (Å²) in [6, 6.07) is 12.1. The predicted molar refractivity (Wildman–Crippen MR) is 92.4 cm³/mol. The number of rotatable bonds is 4. The highest BCUT2D eigenvalue weighted by Gasteiger charge is 2.30. The second-order valence-electron chi connectivity index (χ2n) is 5.71. The summed E-state index contributed by atoms with van der Waals surface area (Å²) in [6.07, 6.45) is 1.55. The predicted octanol–water partition coefficient (Wildman–Crippen LogP) is 5.51. The van der Waals surface area contributed by atoms with Gasteiger partial charge < -0.3 is 10.2 Å². The highest BCUT2D eigenvalue weighted by molar-refractivity contribution is 7.99. The van der Waals surface area contributed by atoms with Crippen LogP contribution < -0.4 is 5.32 Å². The number of hydrogen-bond donors (Lipinski definition) is 1. The minimum atomic E-state index is -2.56. The number of nitrogens with zero attached hydrogens (tertiary/aromatic N) is 1. The van der Waals surface area contributed by atoms with Gasteiger partial charge in [0.2, 0.25) is 0 Å². The largest absolute Gasteiger partial charge is 0.322 e. The van der Waals surface area contributed by atoms with E-state index >= 15 is 0 Å². The van der Waals surface area contributed by atoms with Crippen LogP contribution in [0.5, 0.6) is 0 Å². The van der Waals surface area contributed by atoms with Gasteiger partial charge in [-0.05, 0) is 42.7 Å². The number of nitrogens with one attached hydrogen (secondary N) is 1. The third kappa shape index (κ3) is 4.28. The summed E-state index contributed by atoms with van der Waals surface area (Å²) in [4.78, 5) is 14.6. The molecule has 1 aliphatic heterocycles. The van der Waals surface area contributed by atoms with Crippen LogP contribution in [0.25, 0.3) is 0 Å². The summed E-state index contributed by atoms with van der Waals surface area (Å²) in [5.74, 6) is -2.91. The molecule has 0 spiro atoms. The summed E-state index contributed by atoms with van der Waals surface area (Å²) in [5.41, 5.74) is 1.09. The van der Waals surface area contributed by atoms with Crippen molar-refractivity contribution in [3.05, 3.63) is 59.9 Å². The van der Waals surface area contributed by atoms with E-state index in [0.29, 0.717) is 28.9 Å². The molecule has 1 N–H and O–H groups in total. The number of carbonyl (C=O) groups excluding carboxylic acids is 1. The van der Waals surface area contributed by atoms with Crippen LogP contribution in [0.15, 0.2) is 53.4 Å². The van der Waals surface area contributed by atoms with Crippen molar-refractivity contribution in [1.82, 2.24) is 4.90 Å². The van der Waals surface area contributed by atoms with Crippen molar-refractivity contribution in [2.45, 2.75) is 29.5 Å². The summed E-state index contributed by atoms with van der Waals surface area (Å²) in [6.45, 7) is 0.539. The maximum absolute atomic E-state index is 13.5. The van der Waals surface area contributed by atoms with Crippen molar-refractivity contribution in [1.29, 1.82) is 0 Å². The van der Waals surface area contributed by atoms with Gasteiger partial charge in [0.25, 0.3) is 5.76 Å². The Morgan fingerprint density at radius 2 is 2.00 bits per heavy atom. The summed E-state index contributed by atoms with van der Waals surface area (Å²) >= 11 is 0.393. The lowest BCUT2D eigenvalue weighted by Gasteiger charge is -2.26. The Kier molecular flexibility index (Phi) is 5.53. The van der Waals surface area contributed by atoms with Gasteiger partial charge in [0.1, 0.15) is 5.82 Å². The number of urea groups is 1. The molecule has 3 nitrogen and oxygen atoms in total. The topological polar surface area (TPSA) is 32.3 Å². The number of para-hydroxylation sites is 1. The number of halogens is 3. The fourth-order valence-corrected chi connectivity index (χ4v) is 3.62. The second kappa shape index (κ2) is 7.82. The monoisotopic (exact) mass is 366 g/mol. The first-order chi connectivity index (χ1) is 12.0. The summed E-state index contributed by atoms with van der Waals surface area (Å²) in [5, 5.41) is 2.71. The van der Waals surface area contributed by atoms with Crippen molar-refractivity contribution in [3.63, 3.8) is 0 Å². The van der Waals surface area contributed by atoms with Crippen LogP contribution in [0.4, 0.5) is 23.7 Å². The Hall–Kier alpha value is -2.15. The maximum Gasteiger partial charge on any atom is 0.322 e. The van der Waals surface area contributed by atoms with E-state index in [9.17, 15) is 18.0 Å². The average Bonchev–Trinajstić information content (AvgIpc) is 3.06. The third-order valence-electron chi connectivity index (χ3n) is 4.09. The van der Waals surface area contributed by atoms with Crippen LogP contribution in [-0.2, 0) is 0 Å². The normalized spacial score (nSPS) is 17.1. The third-order valence-corrected chi connectivity index (χ3v) is 4.88. The molecule has 1 aliphatic rings. The van der Waals surface area contributed by atoms with Gasteiger partial charge in [-0.25, -0.2) is 9.18 Å². The molecule has 2 aromatic rings. The fraction of sp³-hybridized carbons (Fsp3) is 0.278. The number of anilines is 1. The van der Waals surface area contributed by atoms with E-state index in [0.717, 1.165) is 18.4 Å². The number of alkyl halides is 2. The van der Waals surface area contributed by atoms with Gasteiger partial charge in [-0.3, -0.25) is 0 Å². The number of hydrogen-bond acceptors (Lipinski definition) is 2. The molecule has 3 rings (SSSR count). The summed E-state index contributed by atoms with van der Waals surface area (Å²) < 4.78 is 38.8. The lowest BCUT2D eigenvalue weighted by atomic mass is 10.0. The van der Waals surface area contributed by atoms with Gasteiger partial charge in [0, 0.05) is 11.4 Å². The lowest BCUT2D eigenvalue weighted by molar-refractivity contribution is 0.207. The smallest absolute Gasteiger partial charge is 0.317 e. The average molecular weight is 366 g/mol. The Morgan fingerprint density at radius 1 is 1.20 bits per heavy atom. The zero-order valence-corrected chi connectivity index (χ0v) is 14.1. The van der Waals surface area contributed by atoms with E-state index in [1.165, 1.54) is 12.1 Å². The van der Waals surface area contributed by atoms with Crippen LogP contribution in [0.3, 0.4) is 0 Å². The van der Waals surface area contributed by atoms with Gasteiger partial charge in [-0.2, -0.15) is 8.78 Å². The van der Waals surface area contributed by atoms with Crippen molar-refractivity contribution in [2.75, 3.05) is 11.9 Å². The van der Waals surface area contributed by atoms with E-state index in [4.69, 9.17) is 0 Å². The van der Waals surface area contributed by atoms with Gasteiger partial charge >= 0.3 is 6.03 Å². The Labute approximate surface area is 148 Å². The van der Waals surface area contributed by atoms with E-state index < -0.39 is 5.76 Å². The first-order valence-electron chi connectivity index (χ1n) is 7.91. The van der Waals surface area contributed by atoms with E-state index in [1.54, 1.807) is 41.3 Å². The van der Waals surface area contributed by atoms with E-state index in [1.807, 2.05) is 0 Å². The van der Waals surface area contributed by atoms with E-state index in [-0.39, 0.29) is 17.9 Å². The van der Waals surface area contributed by atoms with Crippen LogP contribution >= 0.6 is 11.8 Å². The highest BCUT2D eigenvalue weighted by Crippen LogP contribution is 2.35. The molecule has 0 aliphatic carbocycles. The van der Waals surface area contributed by atoms with Crippen molar-refractivity contribution < 1.29 is 18.0 Å². The Morgan fingerprint density at radius 3 is 2.76 bits per heavy atom. The molecule has 1 atom stereocenters. The molecule has 0 saturated carbocycles. The maximum atomic E-state index is 13.5. The number of carbonyl (C=O) groups is 1. The van der Waals surface area contributed by atoms with Gasteiger partial charge in [0.15, 0.2) is 0 Å². The molecule has 25 heavy (non-hydrogen) atoms. The van der Waals surface area contributed by atoms with Gasteiger partial charge in [-0.1, -0.05) is 36.0 Å². The SMILES string of the molecule is O=C(Nc1ccccc1SC(F)F)N1CCC[C@@H]1c1cccc(F)c1. The van der Waals surface area contributed by atoms with Crippen molar-refractivity contribution in [3.8, 4) is 0 Å². The first kappa shape index (κ1) is 17.7. The Bertz CT molecular complexity index is 757. The molecule has 2 aromatic carbocycles. The number of thioether (sulfide) groups is 1. The molecular formula is C18H17F3N2OS. The molecule has 132 valence electrons. The molecule has 7 heteroatoms. The molecular weight excluding hydrogens is 349 g/mol. The number of benzene rings is 2. The lowest BCUT2D eigenvalue weighted by Crippen LogP contribution is -2.34. The summed E-state index contributed by atoms with van der Waals surface area (Å²) in [7, 11) is 0. The van der Waals surface area contributed by atoms with Crippen LogP contribution in [0, 0.1) is 5.82 Å². The zero-order valence-electron chi connectivity index (χ0n) is 13.3. The number of likely N-dealkylation sites (tertiary alicyclic amines) is 1. The molecule has 0 radical (unpaired) electrons. The van der Waals surface area contributed by atoms with Crippen LogP contribution in [-0.4, -0.2) is 23.2 Å². The van der Waals surface area contributed by atoms with Gasteiger partial charge in [-0.15, -0.1) is 0 Å².